The zero-order chi connectivity index (χ0) is 17.6. The Bertz CT molecular complexity index is 659. The highest BCUT2D eigenvalue weighted by Crippen LogP contribution is 2.32. The second-order valence-electron chi connectivity index (χ2n) is 7.13. The Balaban J connectivity index is 1.93. The molecule has 24 heavy (non-hydrogen) atoms. The van der Waals surface area contributed by atoms with Gasteiger partial charge in [-0.15, -0.1) is 0 Å². The minimum absolute atomic E-state index is 0.0560. The van der Waals surface area contributed by atoms with Gasteiger partial charge in [-0.1, -0.05) is 45.0 Å². The molecule has 0 aliphatic rings. The summed E-state index contributed by atoms with van der Waals surface area (Å²) in [6.45, 7) is 10.4. The molecule has 0 spiro atoms. The number of hydrogen-bond donors (Lipinski definition) is 1. The summed E-state index contributed by atoms with van der Waals surface area (Å²) in [6, 6.07) is 14.5. The summed E-state index contributed by atoms with van der Waals surface area (Å²) in [6.07, 6.45) is 0.867. The van der Waals surface area contributed by atoms with Crippen molar-refractivity contribution in [2.45, 2.75) is 39.5 Å². The zero-order valence-electron chi connectivity index (χ0n) is 15.3. The molecule has 130 valence electrons. The lowest BCUT2D eigenvalue weighted by molar-refractivity contribution is 0.214. The van der Waals surface area contributed by atoms with Gasteiger partial charge in [0.1, 0.15) is 24.7 Å². The predicted molar refractivity (Wildman–Crippen MR) is 100 cm³/mol. The molecular formula is C21H29NO2. The zero-order valence-corrected chi connectivity index (χ0v) is 15.3. The fourth-order valence-electron chi connectivity index (χ4n) is 2.64. The van der Waals surface area contributed by atoms with Crippen molar-refractivity contribution in [2.24, 2.45) is 5.73 Å². The predicted octanol–water partition coefficient (Wildman–Crippen LogP) is 4.25. The molecule has 3 heteroatoms. The molecule has 0 aromatic heterocycles. The number of nitrogens with two attached hydrogens (primary N) is 1. The second-order valence-corrected chi connectivity index (χ2v) is 7.13. The van der Waals surface area contributed by atoms with Crippen molar-refractivity contribution in [2.75, 3.05) is 19.8 Å². The van der Waals surface area contributed by atoms with E-state index in [1.807, 2.05) is 18.2 Å². The average Bonchev–Trinajstić information content (AvgIpc) is 2.51. The van der Waals surface area contributed by atoms with Gasteiger partial charge in [0.15, 0.2) is 0 Å². The molecule has 2 rings (SSSR count). The van der Waals surface area contributed by atoms with E-state index in [1.54, 1.807) is 0 Å². The van der Waals surface area contributed by atoms with Crippen molar-refractivity contribution in [1.82, 2.24) is 0 Å². The Morgan fingerprint density at radius 2 is 1.71 bits per heavy atom. The molecule has 2 N–H and O–H groups in total. The van der Waals surface area contributed by atoms with Crippen LogP contribution in [0.2, 0.25) is 0 Å². The van der Waals surface area contributed by atoms with E-state index in [4.69, 9.17) is 15.2 Å². The standard InChI is InChI=1S/C21H29NO2/c1-16-8-9-19(21(2,3)4)20(14-16)24-13-12-23-18-7-5-6-17(15-18)10-11-22/h5-9,14-15H,10-13,22H2,1-4H3. The van der Waals surface area contributed by atoms with E-state index in [0.717, 1.165) is 17.9 Å². The molecule has 2 aromatic carbocycles. The topological polar surface area (TPSA) is 44.5 Å². The quantitative estimate of drug-likeness (QED) is 0.773. The SMILES string of the molecule is Cc1ccc(C(C)(C)C)c(OCCOc2cccc(CCN)c2)c1. The van der Waals surface area contributed by atoms with Crippen molar-refractivity contribution < 1.29 is 9.47 Å². The van der Waals surface area contributed by atoms with Crippen molar-refractivity contribution in [3.8, 4) is 11.5 Å². The van der Waals surface area contributed by atoms with Crippen LogP contribution in [0, 0.1) is 6.92 Å². The molecule has 0 fully saturated rings. The third kappa shape index (κ3) is 5.27. The van der Waals surface area contributed by atoms with E-state index in [-0.39, 0.29) is 5.41 Å². The third-order valence-electron chi connectivity index (χ3n) is 3.89. The highest BCUT2D eigenvalue weighted by Gasteiger charge is 2.18. The van der Waals surface area contributed by atoms with Crippen LogP contribution in [0.25, 0.3) is 0 Å². The van der Waals surface area contributed by atoms with E-state index < -0.39 is 0 Å². The maximum atomic E-state index is 6.00. The first-order valence-corrected chi connectivity index (χ1v) is 8.56. The van der Waals surface area contributed by atoms with Crippen molar-refractivity contribution in [3.05, 3.63) is 59.2 Å². The van der Waals surface area contributed by atoms with Gasteiger partial charge < -0.3 is 15.2 Å². The number of aryl methyl sites for hydroxylation is 1. The first-order valence-electron chi connectivity index (χ1n) is 8.56. The Morgan fingerprint density at radius 1 is 0.958 bits per heavy atom. The van der Waals surface area contributed by atoms with Crippen LogP contribution >= 0.6 is 0 Å². The van der Waals surface area contributed by atoms with Crippen molar-refractivity contribution >= 4 is 0 Å². The molecule has 0 amide bonds. The van der Waals surface area contributed by atoms with Gasteiger partial charge in [-0.2, -0.15) is 0 Å². The fourth-order valence-corrected chi connectivity index (χ4v) is 2.64. The Hall–Kier alpha value is -2.00. The van der Waals surface area contributed by atoms with Crippen LogP contribution in [-0.2, 0) is 11.8 Å². The maximum absolute atomic E-state index is 6.00. The van der Waals surface area contributed by atoms with Crippen LogP contribution < -0.4 is 15.2 Å². The average molecular weight is 327 g/mol. The van der Waals surface area contributed by atoms with Gasteiger partial charge in [-0.3, -0.25) is 0 Å². The maximum Gasteiger partial charge on any atom is 0.123 e. The van der Waals surface area contributed by atoms with Gasteiger partial charge in [-0.25, -0.2) is 0 Å². The van der Waals surface area contributed by atoms with Gasteiger partial charge in [0, 0.05) is 0 Å². The Kier molecular flexibility index (Phi) is 6.27. The molecule has 2 aromatic rings. The van der Waals surface area contributed by atoms with E-state index in [1.165, 1.54) is 16.7 Å². The van der Waals surface area contributed by atoms with E-state index in [0.29, 0.717) is 19.8 Å². The molecule has 0 aliphatic heterocycles. The van der Waals surface area contributed by atoms with Gasteiger partial charge in [0.25, 0.3) is 0 Å². The van der Waals surface area contributed by atoms with Crippen LogP contribution in [0.4, 0.5) is 0 Å². The summed E-state index contributed by atoms with van der Waals surface area (Å²) in [5, 5.41) is 0. The van der Waals surface area contributed by atoms with E-state index in [9.17, 15) is 0 Å². The van der Waals surface area contributed by atoms with Gasteiger partial charge in [-0.05, 0) is 60.2 Å². The normalized spacial score (nSPS) is 11.4. The largest absolute Gasteiger partial charge is 0.490 e. The summed E-state index contributed by atoms with van der Waals surface area (Å²) >= 11 is 0. The monoisotopic (exact) mass is 327 g/mol. The van der Waals surface area contributed by atoms with Crippen LogP contribution in [0.3, 0.4) is 0 Å². The molecule has 0 saturated heterocycles. The molecule has 0 saturated carbocycles. The molecule has 3 nitrogen and oxygen atoms in total. The summed E-state index contributed by atoms with van der Waals surface area (Å²) in [5.74, 6) is 1.81. The second kappa shape index (κ2) is 8.20. The number of rotatable bonds is 7. The molecule has 0 aliphatic carbocycles. The highest BCUT2D eigenvalue weighted by atomic mass is 16.5. The highest BCUT2D eigenvalue weighted by molar-refractivity contribution is 5.41. The first kappa shape index (κ1) is 18.3. The molecule has 0 radical (unpaired) electrons. The van der Waals surface area contributed by atoms with Crippen LogP contribution in [0.15, 0.2) is 42.5 Å². The smallest absolute Gasteiger partial charge is 0.123 e. The van der Waals surface area contributed by atoms with Crippen LogP contribution in [0.5, 0.6) is 11.5 Å². The third-order valence-corrected chi connectivity index (χ3v) is 3.89. The summed E-state index contributed by atoms with van der Waals surface area (Å²) < 4.78 is 11.8. The number of ether oxygens (including phenoxy) is 2. The minimum atomic E-state index is 0.0560. The summed E-state index contributed by atoms with van der Waals surface area (Å²) in [4.78, 5) is 0. The fraction of sp³-hybridized carbons (Fsp3) is 0.429. The van der Waals surface area contributed by atoms with Crippen LogP contribution in [-0.4, -0.2) is 19.8 Å². The summed E-state index contributed by atoms with van der Waals surface area (Å²) in [5.41, 5.74) is 9.27. The lowest BCUT2D eigenvalue weighted by atomic mass is 9.86. The molecule has 0 atom stereocenters. The minimum Gasteiger partial charge on any atom is -0.490 e. The molecule has 0 unspecified atom stereocenters. The van der Waals surface area contributed by atoms with Crippen molar-refractivity contribution in [1.29, 1.82) is 0 Å². The van der Waals surface area contributed by atoms with E-state index in [2.05, 4.69) is 52.0 Å². The molecule has 0 bridgehead atoms. The number of hydrogen-bond acceptors (Lipinski definition) is 3. The van der Waals surface area contributed by atoms with Crippen molar-refractivity contribution in [3.63, 3.8) is 0 Å². The summed E-state index contributed by atoms with van der Waals surface area (Å²) in [7, 11) is 0. The lowest BCUT2D eigenvalue weighted by Crippen LogP contribution is -2.16. The molecular weight excluding hydrogens is 298 g/mol. The number of benzene rings is 2. The Labute approximate surface area is 145 Å². The van der Waals surface area contributed by atoms with Crippen LogP contribution in [0.1, 0.15) is 37.5 Å². The van der Waals surface area contributed by atoms with Gasteiger partial charge in [0.05, 0.1) is 0 Å². The Morgan fingerprint density at radius 3 is 2.42 bits per heavy atom. The lowest BCUT2D eigenvalue weighted by Gasteiger charge is -2.23. The van der Waals surface area contributed by atoms with Gasteiger partial charge >= 0.3 is 0 Å². The van der Waals surface area contributed by atoms with Gasteiger partial charge in [0.2, 0.25) is 0 Å². The molecule has 0 heterocycles. The van der Waals surface area contributed by atoms with E-state index >= 15 is 0 Å². The first-order chi connectivity index (χ1) is 11.4.